The third kappa shape index (κ3) is 2.76. The molecule has 2 N–H and O–H groups in total. The maximum Gasteiger partial charge on any atom is 0.160 e. The SMILES string of the molecule is CNC1CCc2c(c3ccc(Nc4ccc(F)c(F)c4)nc3n2C)C1. The van der Waals surface area contributed by atoms with Crippen molar-refractivity contribution in [2.75, 3.05) is 12.4 Å². The Morgan fingerprint density at radius 1 is 1.16 bits per heavy atom. The molecule has 0 spiro atoms. The van der Waals surface area contributed by atoms with Gasteiger partial charge >= 0.3 is 0 Å². The highest BCUT2D eigenvalue weighted by molar-refractivity contribution is 5.84. The van der Waals surface area contributed by atoms with E-state index in [-0.39, 0.29) is 0 Å². The summed E-state index contributed by atoms with van der Waals surface area (Å²) in [6, 6.07) is 8.17. The number of hydrogen-bond acceptors (Lipinski definition) is 3. The minimum absolute atomic E-state index is 0.472. The van der Waals surface area contributed by atoms with Gasteiger partial charge in [0.15, 0.2) is 11.6 Å². The van der Waals surface area contributed by atoms with Crippen molar-refractivity contribution in [3.63, 3.8) is 0 Å². The monoisotopic (exact) mass is 342 g/mol. The fourth-order valence-corrected chi connectivity index (χ4v) is 3.67. The fourth-order valence-electron chi connectivity index (χ4n) is 3.67. The average molecular weight is 342 g/mol. The van der Waals surface area contributed by atoms with Crippen molar-refractivity contribution in [2.45, 2.75) is 25.3 Å². The predicted octanol–water partition coefficient (Wildman–Crippen LogP) is 3.67. The zero-order chi connectivity index (χ0) is 17.6. The molecular formula is C19H20F2N4. The lowest BCUT2D eigenvalue weighted by Gasteiger charge is -2.22. The summed E-state index contributed by atoms with van der Waals surface area (Å²) in [5.74, 6) is -1.12. The lowest BCUT2D eigenvalue weighted by atomic mass is 9.92. The molecule has 4 rings (SSSR count). The van der Waals surface area contributed by atoms with E-state index in [1.165, 1.54) is 17.3 Å². The van der Waals surface area contributed by atoms with Gasteiger partial charge in [-0.1, -0.05) is 0 Å². The highest BCUT2D eigenvalue weighted by atomic mass is 19.2. The fraction of sp³-hybridized carbons (Fsp3) is 0.316. The van der Waals surface area contributed by atoms with Crippen molar-refractivity contribution in [2.24, 2.45) is 7.05 Å². The second kappa shape index (κ2) is 6.11. The normalized spacial score (nSPS) is 16.9. The Bertz CT molecular complexity index is 948. The molecule has 4 nitrogen and oxygen atoms in total. The first-order valence-electron chi connectivity index (χ1n) is 8.43. The van der Waals surface area contributed by atoms with Crippen LogP contribution in [0.15, 0.2) is 30.3 Å². The summed E-state index contributed by atoms with van der Waals surface area (Å²) >= 11 is 0. The van der Waals surface area contributed by atoms with Crippen molar-refractivity contribution < 1.29 is 8.78 Å². The smallest absolute Gasteiger partial charge is 0.160 e. The highest BCUT2D eigenvalue weighted by Crippen LogP contribution is 2.32. The van der Waals surface area contributed by atoms with Gasteiger partial charge in [0.2, 0.25) is 0 Å². The molecule has 0 radical (unpaired) electrons. The Balaban J connectivity index is 1.71. The standard InChI is InChI=1S/C19H20F2N4/c1-22-11-4-7-17-14(9-11)13-5-8-18(24-19(13)25(17)2)23-12-3-6-15(20)16(21)10-12/h3,5-6,8,10-11,22H,4,7,9H2,1-2H3,(H,23,24). The Kier molecular flexibility index (Phi) is 3.92. The molecule has 130 valence electrons. The van der Waals surface area contributed by atoms with Gasteiger partial charge in [0.1, 0.15) is 11.5 Å². The maximum atomic E-state index is 13.4. The highest BCUT2D eigenvalue weighted by Gasteiger charge is 2.24. The van der Waals surface area contributed by atoms with Gasteiger partial charge < -0.3 is 15.2 Å². The molecule has 1 aliphatic rings. The lowest BCUT2D eigenvalue weighted by molar-refractivity contribution is 0.488. The van der Waals surface area contributed by atoms with Crippen LogP contribution in [0.5, 0.6) is 0 Å². The van der Waals surface area contributed by atoms with E-state index in [9.17, 15) is 8.78 Å². The molecule has 6 heteroatoms. The Morgan fingerprint density at radius 3 is 2.76 bits per heavy atom. The van der Waals surface area contributed by atoms with Gasteiger partial charge in [-0.25, -0.2) is 13.8 Å². The molecule has 0 saturated heterocycles. The quantitative estimate of drug-likeness (QED) is 0.763. The summed E-state index contributed by atoms with van der Waals surface area (Å²) in [6.07, 6.45) is 3.15. The number of anilines is 2. The maximum absolute atomic E-state index is 13.4. The van der Waals surface area contributed by atoms with Crippen molar-refractivity contribution in [1.82, 2.24) is 14.9 Å². The van der Waals surface area contributed by atoms with Gasteiger partial charge in [-0.2, -0.15) is 0 Å². The molecule has 0 bridgehead atoms. The van der Waals surface area contributed by atoms with Crippen LogP contribution in [0.1, 0.15) is 17.7 Å². The summed E-state index contributed by atoms with van der Waals surface area (Å²) in [5, 5.41) is 7.57. The van der Waals surface area contributed by atoms with Gasteiger partial charge in [0, 0.05) is 35.9 Å². The van der Waals surface area contributed by atoms with Crippen molar-refractivity contribution >= 4 is 22.5 Å². The number of fused-ring (bicyclic) bond motifs is 3. The number of nitrogens with one attached hydrogen (secondary N) is 2. The van der Waals surface area contributed by atoms with E-state index >= 15 is 0 Å². The van der Waals surface area contributed by atoms with Crippen molar-refractivity contribution in [3.8, 4) is 0 Å². The zero-order valence-corrected chi connectivity index (χ0v) is 14.2. The number of nitrogens with zero attached hydrogens (tertiary/aromatic N) is 2. The molecular weight excluding hydrogens is 322 g/mol. The predicted molar refractivity (Wildman–Crippen MR) is 95.2 cm³/mol. The van der Waals surface area contributed by atoms with Gasteiger partial charge in [-0.05, 0) is 56.1 Å². The summed E-state index contributed by atoms with van der Waals surface area (Å²) < 4.78 is 28.6. The summed E-state index contributed by atoms with van der Waals surface area (Å²) in [5.41, 5.74) is 4.07. The first kappa shape index (κ1) is 16.0. The molecule has 1 unspecified atom stereocenters. The van der Waals surface area contributed by atoms with Gasteiger partial charge in [-0.15, -0.1) is 0 Å². The van der Waals surface area contributed by atoms with Gasteiger partial charge in [0.25, 0.3) is 0 Å². The minimum Gasteiger partial charge on any atom is -0.340 e. The molecule has 1 atom stereocenters. The number of hydrogen-bond donors (Lipinski definition) is 2. The number of rotatable bonds is 3. The number of benzene rings is 1. The van der Waals surface area contributed by atoms with Crippen LogP contribution in [0.2, 0.25) is 0 Å². The molecule has 25 heavy (non-hydrogen) atoms. The number of pyridine rings is 1. The Hall–Kier alpha value is -2.47. The molecule has 2 heterocycles. The summed E-state index contributed by atoms with van der Waals surface area (Å²) in [6.45, 7) is 0. The Morgan fingerprint density at radius 2 is 2.00 bits per heavy atom. The largest absolute Gasteiger partial charge is 0.340 e. The van der Waals surface area contributed by atoms with Gasteiger partial charge in [0.05, 0.1) is 0 Å². The Labute approximate surface area is 144 Å². The molecule has 0 saturated carbocycles. The van der Waals surface area contributed by atoms with Crippen molar-refractivity contribution in [3.05, 3.63) is 53.2 Å². The van der Waals surface area contributed by atoms with Crippen LogP contribution in [0.3, 0.4) is 0 Å². The number of aryl methyl sites for hydroxylation is 1. The van der Waals surface area contributed by atoms with E-state index < -0.39 is 11.6 Å². The molecule has 3 aromatic rings. The van der Waals surface area contributed by atoms with Crippen LogP contribution in [0, 0.1) is 11.6 Å². The first-order valence-corrected chi connectivity index (χ1v) is 8.43. The van der Waals surface area contributed by atoms with Gasteiger partial charge in [-0.3, -0.25) is 0 Å². The second-order valence-corrected chi connectivity index (χ2v) is 6.53. The number of aromatic nitrogens is 2. The lowest BCUT2D eigenvalue weighted by Crippen LogP contribution is -2.31. The molecule has 1 aliphatic carbocycles. The third-order valence-electron chi connectivity index (χ3n) is 5.05. The van der Waals surface area contributed by atoms with E-state index in [4.69, 9.17) is 4.98 Å². The topological polar surface area (TPSA) is 41.9 Å². The summed E-state index contributed by atoms with van der Waals surface area (Å²) in [4.78, 5) is 4.69. The molecule has 0 fully saturated rings. The van der Waals surface area contributed by atoms with E-state index in [0.717, 1.165) is 42.4 Å². The van der Waals surface area contributed by atoms with E-state index in [1.807, 2.05) is 20.2 Å². The van der Waals surface area contributed by atoms with Crippen LogP contribution in [-0.4, -0.2) is 22.6 Å². The van der Waals surface area contributed by atoms with E-state index in [2.05, 4.69) is 21.3 Å². The van der Waals surface area contributed by atoms with Crippen LogP contribution in [0.25, 0.3) is 11.0 Å². The first-order chi connectivity index (χ1) is 12.1. The molecule has 0 aliphatic heterocycles. The average Bonchev–Trinajstić information content (AvgIpc) is 2.90. The van der Waals surface area contributed by atoms with Crippen LogP contribution < -0.4 is 10.6 Å². The number of halogens is 2. The number of likely N-dealkylation sites (N-methyl/N-ethyl adjacent to an activating group) is 1. The summed E-state index contributed by atoms with van der Waals surface area (Å²) in [7, 11) is 4.04. The molecule has 0 amide bonds. The van der Waals surface area contributed by atoms with Crippen LogP contribution >= 0.6 is 0 Å². The second-order valence-electron chi connectivity index (χ2n) is 6.53. The minimum atomic E-state index is -0.876. The van der Waals surface area contributed by atoms with E-state index in [0.29, 0.717) is 17.5 Å². The molecule has 1 aromatic carbocycles. The van der Waals surface area contributed by atoms with Crippen LogP contribution in [0.4, 0.5) is 20.3 Å². The molecule has 2 aromatic heterocycles. The van der Waals surface area contributed by atoms with Crippen LogP contribution in [-0.2, 0) is 19.9 Å². The third-order valence-corrected chi connectivity index (χ3v) is 5.05. The van der Waals surface area contributed by atoms with Crippen molar-refractivity contribution in [1.29, 1.82) is 0 Å². The zero-order valence-electron chi connectivity index (χ0n) is 14.2. The van der Waals surface area contributed by atoms with E-state index in [1.54, 1.807) is 0 Å².